The highest BCUT2D eigenvalue weighted by atomic mass is 35.5. The summed E-state index contributed by atoms with van der Waals surface area (Å²) in [6, 6.07) is 36.2. The Hall–Kier alpha value is -3.42. The molecule has 4 aromatic carbocycles. The van der Waals surface area contributed by atoms with Gasteiger partial charge in [-0.15, -0.1) is 0 Å². The van der Waals surface area contributed by atoms with Crippen LogP contribution in [0.5, 0.6) is 0 Å². The van der Waals surface area contributed by atoms with Gasteiger partial charge in [0.2, 0.25) is 0 Å². The highest BCUT2D eigenvalue weighted by Crippen LogP contribution is 2.49. The summed E-state index contributed by atoms with van der Waals surface area (Å²) in [7, 11) is 0. The van der Waals surface area contributed by atoms with Gasteiger partial charge in [-0.25, -0.2) is 0 Å². The lowest BCUT2D eigenvalue weighted by Gasteiger charge is -2.19. The van der Waals surface area contributed by atoms with E-state index in [0.29, 0.717) is 5.02 Å². The van der Waals surface area contributed by atoms with Gasteiger partial charge in [0, 0.05) is 10.6 Å². The van der Waals surface area contributed by atoms with Crippen LogP contribution in [-0.2, 0) is 0 Å². The average Bonchev–Trinajstić information content (AvgIpc) is 3.07. The van der Waals surface area contributed by atoms with Gasteiger partial charge >= 0.3 is 0 Å². The molecule has 0 saturated heterocycles. The van der Waals surface area contributed by atoms with E-state index in [-0.39, 0.29) is 11.7 Å². The Morgan fingerprint density at radius 2 is 1.17 bits per heavy atom. The van der Waals surface area contributed by atoms with Crippen molar-refractivity contribution >= 4 is 28.5 Å². The lowest BCUT2D eigenvalue weighted by molar-refractivity contribution is 0.0986. The maximum absolute atomic E-state index is 13.6. The summed E-state index contributed by atoms with van der Waals surface area (Å²) >= 11 is 6.39. The summed E-state index contributed by atoms with van der Waals surface area (Å²) in [5.74, 6) is -0.248. The van der Waals surface area contributed by atoms with Crippen LogP contribution in [-0.4, -0.2) is 5.78 Å². The van der Waals surface area contributed by atoms with Gasteiger partial charge < -0.3 is 0 Å². The number of hydrogen-bond donors (Lipinski definition) is 0. The third kappa shape index (κ3) is 3.18. The van der Waals surface area contributed by atoms with Crippen LogP contribution in [0.2, 0.25) is 5.02 Å². The number of fused-ring (bicyclic) bond motifs is 1. The predicted molar refractivity (Wildman–Crippen MR) is 124 cm³/mol. The first-order chi connectivity index (χ1) is 14.7. The standard InChI is InChI=1S/C28H19ClO/c29-22-16-17-23-24(18-22)27(26(28(23)30)21-14-8-3-9-15-21)25(19-10-4-1-5-11-19)20-12-6-2-7-13-20/h1-18,26H. The van der Waals surface area contributed by atoms with Crippen molar-refractivity contribution in [3.63, 3.8) is 0 Å². The van der Waals surface area contributed by atoms with Crippen LogP contribution in [0.4, 0.5) is 0 Å². The summed E-state index contributed by atoms with van der Waals surface area (Å²) in [4.78, 5) is 13.6. The maximum Gasteiger partial charge on any atom is 0.175 e. The Morgan fingerprint density at radius 1 is 0.633 bits per heavy atom. The van der Waals surface area contributed by atoms with Crippen LogP contribution in [0, 0.1) is 0 Å². The van der Waals surface area contributed by atoms with Crippen LogP contribution in [0.1, 0.15) is 38.5 Å². The Morgan fingerprint density at radius 3 is 1.73 bits per heavy atom. The molecule has 1 atom stereocenters. The SMILES string of the molecule is O=C1c2ccc(Cl)cc2C(=C(c2ccccc2)c2ccccc2)C1c1ccccc1. The van der Waals surface area contributed by atoms with Crippen molar-refractivity contribution in [3.05, 3.63) is 142 Å². The second kappa shape index (κ2) is 7.78. The fourth-order valence-electron chi connectivity index (χ4n) is 4.33. The Balaban J connectivity index is 1.90. The van der Waals surface area contributed by atoms with E-state index >= 15 is 0 Å². The third-order valence-electron chi connectivity index (χ3n) is 5.62. The number of carbonyl (C=O) groups is 1. The largest absolute Gasteiger partial charge is 0.293 e. The monoisotopic (exact) mass is 406 g/mol. The lowest BCUT2D eigenvalue weighted by atomic mass is 9.83. The number of benzene rings is 4. The highest BCUT2D eigenvalue weighted by Gasteiger charge is 2.38. The zero-order valence-electron chi connectivity index (χ0n) is 16.3. The van der Waals surface area contributed by atoms with Gasteiger partial charge in [-0.3, -0.25) is 4.79 Å². The predicted octanol–water partition coefficient (Wildman–Crippen LogP) is 7.28. The van der Waals surface area contributed by atoms with Gasteiger partial charge in [-0.05, 0) is 51.6 Å². The van der Waals surface area contributed by atoms with Crippen molar-refractivity contribution in [2.24, 2.45) is 0 Å². The first kappa shape index (κ1) is 18.6. The van der Waals surface area contributed by atoms with E-state index in [0.717, 1.165) is 39.0 Å². The smallest absolute Gasteiger partial charge is 0.175 e. The van der Waals surface area contributed by atoms with Gasteiger partial charge in [0.25, 0.3) is 0 Å². The van der Waals surface area contributed by atoms with E-state index in [1.165, 1.54) is 0 Å². The van der Waals surface area contributed by atoms with E-state index in [1.807, 2.05) is 78.9 Å². The molecule has 1 aliphatic rings. The summed E-state index contributed by atoms with van der Waals surface area (Å²) in [6.45, 7) is 0. The molecule has 0 saturated carbocycles. The zero-order valence-corrected chi connectivity index (χ0v) is 17.0. The van der Waals surface area contributed by atoms with Crippen molar-refractivity contribution in [1.82, 2.24) is 0 Å². The molecule has 0 radical (unpaired) electrons. The number of allylic oxidation sites excluding steroid dienone is 1. The van der Waals surface area contributed by atoms with Crippen LogP contribution >= 0.6 is 11.6 Å². The van der Waals surface area contributed by atoms with Crippen molar-refractivity contribution in [3.8, 4) is 0 Å². The molecule has 1 nitrogen and oxygen atoms in total. The molecule has 4 aromatic rings. The lowest BCUT2D eigenvalue weighted by Crippen LogP contribution is -2.08. The second-order valence-corrected chi connectivity index (χ2v) is 7.86. The topological polar surface area (TPSA) is 17.1 Å². The summed E-state index contributed by atoms with van der Waals surface area (Å²) in [6.07, 6.45) is 0. The number of halogens is 1. The summed E-state index contributed by atoms with van der Waals surface area (Å²) < 4.78 is 0. The van der Waals surface area contributed by atoms with Crippen LogP contribution in [0.15, 0.2) is 109 Å². The molecular weight excluding hydrogens is 388 g/mol. The molecule has 0 spiro atoms. The van der Waals surface area contributed by atoms with Crippen molar-refractivity contribution in [2.45, 2.75) is 5.92 Å². The van der Waals surface area contributed by atoms with Crippen LogP contribution in [0.25, 0.3) is 11.1 Å². The minimum Gasteiger partial charge on any atom is -0.293 e. The van der Waals surface area contributed by atoms with E-state index in [4.69, 9.17) is 11.6 Å². The molecule has 0 N–H and O–H groups in total. The van der Waals surface area contributed by atoms with Crippen LogP contribution < -0.4 is 0 Å². The summed E-state index contributed by atoms with van der Waals surface area (Å²) in [5, 5.41) is 0.633. The first-order valence-electron chi connectivity index (χ1n) is 9.98. The van der Waals surface area contributed by atoms with Crippen molar-refractivity contribution in [2.75, 3.05) is 0 Å². The second-order valence-electron chi connectivity index (χ2n) is 7.42. The third-order valence-corrected chi connectivity index (χ3v) is 5.85. The highest BCUT2D eigenvalue weighted by molar-refractivity contribution is 6.32. The fraction of sp³-hybridized carbons (Fsp3) is 0.0357. The Kier molecular flexibility index (Phi) is 4.82. The minimum atomic E-state index is -0.366. The molecule has 144 valence electrons. The zero-order chi connectivity index (χ0) is 20.5. The molecule has 2 heteroatoms. The Labute approximate surface area is 181 Å². The van der Waals surface area contributed by atoms with E-state index < -0.39 is 0 Å². The first-order valence-corrected chi connectivity index (χ1v) is 10.4. The van der Waals surface area contributed by atoms with Gasteiger partial charge in [0.1, 0.15) is 0 Å². The molecule has 5 rings (SSSR count). The van der Waals surface area contributed by atoms with Gasteiger partial charge in [-0.2, -0.15) is 0 Å². The molecule has 0 aliphatic heterocycles. The molecule has 0 amide bonds. The number of Topliss-reactive ketones (excluding diaryl/α,β-unsaturated/α-hetero) is 1. The number of carbonyl (C=O) groups excluding carboxylic acids is 1. The molecule has 0 aromatic heterocycles. The average molecular weight is 407 g/mol. The Bertz CT molecular complexity index is 1200. The number of rotatable bonds is 3. The molecule has 30 heavy (non-hydrogen) atoms. The number of hydrogen-bond acceptors (Lipinski definition) is 1. The normalized spacial score (nSPS) is 15.2. The van der Waals surface area contributed by atoms with E-state index in [1.54, 1.807) is 6.07 Å². The van der Waals surface area contributed by atoms with Gasteiger partial charge in [-0.1, -0.05) is 103 Å². The number of ketones is 1. The molecule has 0 bridgehead atoms. The molecule has 0 fully saturated rings. The molecule has 0 heterocycles. The molecular formula is C28H19ClO. The van der Waals surface area contributed by atoms with Crippen molar-refractivity contribution in [1.29, 1.82) is 0 Å². The fourth-order valence-corrected chi connectivity index (χ4v) is 4.50. The van der Waals surface area contributed by atoms with Gasteiger partial charge in [0.05, 0.1) is 5.92 Å². The van der Waals surface area contributed by atoms with Crippen LogP contribution in [0.3, 0.4) is 0 Å². The minimum absolute atomic E-state index is 0.118. The quantitative estimate of drug-likeness (QED) is 0.349. The van der Waals surface area contributed by atoms with E-state index in [9.17, 15) is 4.79 Å². The van der Waals surface area contributed by atoms with Gasteiger partial charge in [0.15, 0.2) is 5.78 Å². The molecule has 1 aliphatic carbocycles. The van der Waals surface area contributed by atoms with Crippen molar-refractivity contribution < 1.29 is 4.79 Å². The van der Waals surface area contributed by atoms with E-state index in [2.05, 4.69) is 24.3 Å². The molecule has 1 unspecified atom stereocenters. The maximum atomic E-state index is 13.6. The summed E-state index contributed by atoms with van der Waals surface area (Å²) in [5.41, 5.74) is 6.90.